The molecule has 0 spiro atoms. The van der Waals surface area contributed by atoms with Crippen LogP contribution in [-0.4, -0.2) is 136 Å². The Morgan fingerprint density at radius 1 is 0.172 bits per heavy atom. The number of nitrogens with zero attached hydrogens (tertiary/aromatic N) is 24. The summed E-state index contributed by atoms with van der Waals surface area (Å²) >= 11 is 0. The van der Waals surface area contributed by atoms with Crippen LogP contribution in [0.2, 0.25) is 0 Å². The molecule has 0 fully saturated rings. The van der Waals surface area contributed by atoms with E-state index in [-0.39, 0.29) is 20.1 Å². The van der Waals surface area contributed by atoms with E-state index in [9.17, 15) is 0 Å². The molecule has 0 amide bonds. The molecule has 24 nitrogen and oxygen atoms in total. The fourth-order valence-electron chi connectivity index (χ4n) is 8.01. The summed E-state index contributed by atoms with van der Waals surface area (Å²) < 4.78 is 21.8. The van der Waals surface area contributed by atoms with Crippen LogP contribution in [0.3, 0.4) is 0 Å². The van der Waals surface area contributed by atoms with Crippen molar-refractivity contribution in [3.05, 3.63) is 222 Å². The van der Waals surface area contributed by atoms with E-state index in [1.165, 1.54) is 0 Å². The summed E-state index contributed by atoms with van der Waals surface area (Å²) in [5, 5.41) is 53.0. The van der Waals surface area contributed by atoms with Crippen molar-refractivity contribution in [3.63, 3.8) is 0 Å². The second-order valence-electron chi connectivity index (χ2n) is 13.9. The van der Waals surface area contributed by atoms with Crippen LogP contribution in [-0.2, 0) is 20.1 Å². The molecule has 64 heavy (non-hydrogen) atoms. The molecular weight excluding hydrogens is 993 g/mol. The summed E-state index contributed by atoms with van der Waals surface area (Å²) in [5.74, 6) is 0. The van der Waals surface area contributed by atoms with Crippen LogP contribution in [0.4, 0.5) is 0 Å². The van der Waals surface area contributed by atoms with Gasteiger partial charge >= 0.3 is 40.2 Å². The van der Waals surface area contributed by atoms with Crippen LogP contribution in [0, 0.1) is 0 Å². The van der Waals surface area contributed by atoms with E-state index in [2.05, 4.69) is 61.2 Å². The minimum absolute atomic E-state index is 0. The molecule has 0 radical (unpaired) electrons. The summed E-state index contributed by atoms with van der Waals surface area (Å²) in [5.41, 5.74) is 0. The molecule has 12 heterocycles. The monoisotopic (exact) mass is 1030 g/mol. The predicted molar refractivity (Wildman–Crippen MR) is 229 cm³/mol. The zero-order valence-corrected chi connectivity index (χ0v) is 36.0. The quantitative estimate of drug-likeness (QED) is 0.158. The molecule has 318 valence electrons. The van der Waals surface area contributed by atoms with Crippen LogP contribution in [0.25, 0.3) is 0 Å². The average Bonchev–Trinajstić information content (AvgIpc) is 4.18. The molecule has 0 aromatic carbocycles. The Morgan fingerprint density at radius 3 is 0.328 bits per heavy atom. The van der Waals surface area contributed by atoms with E-state index >= 15 is 0 Å². The molecule has 0 saturated heterocycles. The van der Waals surface area contributed by atoms with Gasteiger partial charge in [0.15, 0.2) is 0 Å². The first-order valence-corrected chi connectivity index (χ1v) is 19.7. The van der Waals surface area contributed by atoms with Gasteiger partial charge in [-0.2, -0.15) is 0 Å². The zero-order chi connectivity index (χ0) is 42.4. The second-order valence-corrected chi connectivity index (χ2v) is 13.9. The van der Waals surface area contributed by atoms with Gasteiger partial charge in [0.1, 0.15) is 0 Å². The van der Waals surface area contributed by atoms with E-state index in [0.717, 1.165) is 0 Å². The maximum Gasteiger partial charge on any atom is 3.00 e. The number of rotatable bonds is 12. The Labute approximate surface area is 376 Å². The first-order valence-electron chi connectivity index (χ1n) is 19.7. The Balaban J connectivity index is 0.000000121. The van der Waals surface area contributed by atoms with Crippen molar-refractivity contribution in [3.8, 4) is 0 Å². The van der Waals surface area contributed by atoms with Crippen molar-refractivity contribution in [2.75, 3.05) is 0 Å². The van der Waals surface area contributed by atoms with E-state index in [1.54, 1.807) is 74.4 Å². The van der Waals surface area contributed by atoms with Crippen molar-refractivity contribution in [1.82, 2.24) is 116 Å². The summed E-state index contributed by atoms with van der Waals surface area (Å²) in [4.78, 5) is 0. The third-order valence-corrected chi connectivity index (χ3v) is 10.6. The maximum absolute atomic E-state index is 4.42. The smallest absolute Gasteiger partial charge is 0.379 e. The Bertz CT molecular complexity index is 2270. The molecule has 0 bridgehead atoms. The molecule has 0 saturated carbocycles. The maximum atomic E-state index is 4.42. The Morgan fingerprint density at radius 2 is 0.266 bits per heavy atom. The van der Waals surface area contributed by atoms with Gasteiger partial charge < -0.3 is 55.1 Å². The molecule has 0 unspecified atom stereocenters. The van der Waals surface area contributed by atoms with E-state index in [0.29, 0.717) is 0 Å². The van der Waals surface area contributed by atoms with Crippen molar-refractivity contribution in [1.29, 1.82) is 0 Å². The van der Waals surface area contributed by atoms with Gasteiger partial charge in [-0.3, -0.25) is 0 Å². The van der Waals surface area contributed by atoms with Crippen molar-refractivity contribution < 1.29 is 20.1 Å². The van der Waals surface area contributed by atoms with Crippen molar-refractivity contribution >= 4 is 20.1 Å². The molecule has 28 heteroatoms. The van der Waals surface area contributed by atoms with Crippen LogP contribution >= 0.6 is 0 Å². The molecule has 12 aromatic rings. The van der Waals surface area contributed by atoms with Gasteiger partial charge in [-0.05, 0) is 147 Å². The molecular formula is C36H36B3IrN24. The van der Waals surface area contributed by atoms with E-state index in [4.69, 9.17) is 0 Å². The number of hydrogen-bond acceptors (Lipinski definition) is 12. The first kappa shape index (κ1) is 40.8. The summed E-state index contributed by atoms with van der Waals surface area (Å²) in [6.45, 7) is -5.50. The van der Waals surface area contributed by atoms with Crippen LogP contribution in [0.5, 0.6) is 0 Å². The third-order valence-electron chi connectivity index (χ3n) is 10.6. The standard InChI is InChI=1S/3C12H12BN8.Ir/c3*1-5-14-18(9-1)13(19-10-2-6-15-19,20-11-3-7-16-20)21-12-4-8-17-21;/h3*1-12H;/q3*-1;+3. The summed E-state index contributed by atoms with van der Waals surface area (Å²) in [6, 6.07) is 22.4. The molecule has 0 N–H and O–H groups in total. The van der Waals surface area contributed by atoms with Crippen LogP contribution in [0.1, 0.15) is 0 Å². The van der Waals surface area contributed by atoms with Gasteiger partial charge in [0.2, 0.25) is 0 Å². The van der Waals surface area contributed by atoms with Gasteiger partial charge in [0.05, 0.1) is 0 Å². The summed E-state index contributed by atoms with van der Waals surface area (Å²) in [6.07, 6.45) is 43.3. The number of hydrogen-bond donors (Lipinski definition) is 0. The molecule has 0 aliphatic rings. The van der Waals surface area contributed by atoms with Crippen molar-refractivity contribution in [2.24, 2.45) is 0 Å². The van der Waals surface area contributed by atoms with Gasteiger partial charge in [-0.1, -0.05) is 0 Å². The average molecular weight is 1030 g/mol. The topological polar surface area (TPSA) is 214 Å². The number of aromatic nitrogens is 24. The van der Waals surface area contributed by atoms with Gasteiger partial charge in [-0.15, -0.1) is 0 Å². The molecule has 12 aromatic heterocycles. The fraction of sp³-hybridized carbons (Fsp3) is 0. The van der Waals surface area contributed by atoms with E-state index in [1.807, 2.05) is 202 Å². The first-order chi connectivity index (χ1) is 31.3. The third kappa shape index (κ3) is 6.74. The largest absolute Gasteiger partial charge is 3.00 e. The van der Waals surface area contributed by atoms with Crippen LogP contribution < -0.4 is 0 Å². The van der Waals surface area contributed by atoms with Crippen molar-refractivity contribution in [2.45, 2.75) is 0 Å². The van der Waals surface area contributed by atoms with Gasteiger partial charge in [0, 0.05) is 74.4 Å². The Hall–Kier alpha value is -8.64. The normalized spacial score (nSPS) is 11.6. The minimum atomic E-state index is -1.83. The zero-order valence-electron chi connectivity index (χ0n) is 33.6. The van der Waals surface area contributed by atoms with E-state index < -0.39 is 20.1 Å². The van der Waals surface area contributed by atoms with Crippen LogP contribution in [0.15, 0.2) is 222 Å². The summed E-state index contributed by atoms with van der Waals surface area (Å²) in [7, 11) is 0. The molecule has 0 aliphatic heterocycles. The minimum Gasteiger partial charge on any atom is -0.379 e. The Kier molecular flexibility index (Phi) is 11.3. The molecule has 0 aliphatic carbocycles. The fourth-order valence-corrected chi connectivity index (χ4v) is 8.01. The van der Waals surface area contributed by atoms with Gasteiger partial charge in [0.25, 0.3) is 0 Å². The molecule has 0 atom stereocenters. The van der Waals surface area contributed by atoms with Gasteiger partial charge in [-0.25, -0.2) is 61.2 Å². The predicted octanol–water partition coefficient (Wildman–Crippen LogP) is 1.20. The SMILES string of the molecule is [Ir+3].c1cnn([B-](n2cccn2)(n2cccn2)n2cccn2)c1.c1cnn([B-](n2cccn2)(n2cccn2)n2cccn2)c1.c1cnn([B-](n2cccn2)(n2cccn2)n2cccn2)c1. The molecule has 12 rings (SSSR count). The second kappa shape index (κ2) is 17.8.